The molecule has 24 heavy (non-hydrogen) atoms. The van der Waals surface area contributed by atoms with Crippen molar-refractivity contribution in [1.29, 1.82) is 0 Å². The largest absolute Gasteiger partial charge is 0.378 e. The zero-order valence-corrected chi connectivity index (χ0v) is 14.3. The Labute approximate surface area is 142 Å². The number of hydrogen-bond donors (Lipinski definition) is 0. The second-order valence-electron chi connectivity index (χ2n) is 6.76. The summed E-state index contributed by atoms with van der Waals surface area (Å²) in [7, 11) is -3.65. The number of fused-ring (bicyclic) bond motifs is 2. The number of sulfonamides is 1. The van der Waals surface area contributed by atoms with E-state index in [1.165, 1.54) is 4.31 Å². The van der Waals surface area contributed by atoms with Crippen molar-refractivity contribution in [3.8, 4) is 0 Å². The monoisotopic (exact) mass is 350 g/mol. The first-order valence-corrected chi connectivity index (χ1v) is 9.98. The summed E-state index contributed by atoms with van der Waals surface area (Å²) in [5.41, 5.74) is 0. The molecular formula is C17H22N2O4S. The average Bonchev–Trinajstić information content (AvgIpc) is 3.24. The molecule has 2 bridgehead atoms. The Morgan fingerprint density at radius 2 is 1.79 bits per heavy atom. The molecule has 3 fully saturated rings. The summed E-state index contributed by atoms with van der Waals surface area (Å²) in [6.07, 6.45) is 2.59. The number of nitrogens with zero attached hydrogens (tertiary/aromatic N) is 2. The number of ether oxygens (including phenoxy) is 1. The highest BCUT2D eigenvalue weighted by atomic mass is 32.2. The molecule has 2 aliphatic heterocycles. The second-order valence-corrected chi connectivity index (χ2v) is 8.60. The summed E-state index contributed by atoms with van der Waals surface area (Å²) < 4.78 is 33.1. The van der Waals surface area contributed by atoms with Gasteiger partial charge in [0.15, 0.2) is 0 Å². The highest BCUT2D eigenvalue weighted by molar-refractivity contribution is 7.89. The predicted octanol–water partition coefficient (Wildman–Crippen LogP) is 1.09. The number of amides is 1. The number of piperidine rings is 1. The minimum Gasteiger partial charge on any atom is -0.378 e. The molecule has 130 valence electrons. The van der Waals surface area contributed by atoms with Crippen LogP contribution in [0.5, 0.6) is 0 Å². The molecule has 0 radical (unpaired) electrons. The van der Waals surface area contributed by atoms with Crippen molar-refractivity contribution in [2.45, 2.75) is 36.2 Å². The topological polar surface area (TPSA) is 66.9 Å². The van der Waals surface area contributed by atoms with Gasteiger partial charge >= 0.3 is 0 Å². The summed E-state index contributed by atoms with van der Waals surface area (Å²) >= 11 is 0. The summed E-state index contributed by atoms with van der Waals surface area (Å²) in [5, 5.41) is 0. The fourth-order valence-corrected chi connectivity index (χ4v) is 6.18. The van der Waals surface area contributed by atoms with Crippen LogP contribution in [-0.2, 0) is 19.6 Å². The van der Waals surface area contributed by atoms with Gasteiger partial charge in [0.1, 0.15) is 6.04 Å². The van der Waals surface area contributed by atoms with Crippen LogP contribution in [0.2, 0.25) is 0 Å². The molecule has 6 nitrogen and oxygen atoms in total. The van der Waals surface area contributed by atoms with Gasteiger partial charge in [-0.2, -0.15) is 4.31 Å². The summed E-state index contributed by atoms with van der Waals surface area (Å²) in [4.78, 5) is 15.1. The number of carbonyl (C=O) groups is 1. The molecule has 0 spiro atoms. The van der Waals surface area contributed by atoms with Crippen LogP contribution in [0.4, 0.5) is 0 Å². The molecule has 3 aliphatic rings. The zero-order valence-electron chi connectivity index (χ0n) is 13.5. The van der Waals surface area contributed by atoms with Gasteiger partial charge in [-0.25, -0.2) is 8.42 Å². The van der Waals surface area contributed by atoms with Crippen LogP contribution in [0.25, 0.3) is 0 Å². The van der Waals surface area contributed by atoms with E-state index in [9.17, 15) is 13.2 Å². The molecule has 4 rings (SSSR count). The smallest absolute Gasteiger partial charge is 0.244 e. The minimum atomic E-state index is -3.65. The number of rotatable bonds is 3. The van der Waals surface area contributed by atoms with E-state index in [0.29, 0.717) is 26.3 Å². The van der Waals surface area contributed by atoms with Gasteiger partial charge in [-0.05, 0) is 37.3 Å². The Kier molecular flexibility index (Phi) is 4.10. The third-order valence-corrected chi connectivity index (χ3v) is 7.37. The maximum absolute atomic E-state index is 13.2. The molecule has 3 atom stereocenters. The van der Waals surface area contributed by atoms with Crippen LogP contribution < -0.4 is 0 Å². The molecule has 1 aromatic carbocycles. The molecule has 1 saturated carbocycles. The van der Waals surface area contributed by atoms with E-state index >= 15 is 0 Å². The van der Waals surface area contributed by atoms with Crippen LogP contribution in [0, 0.1) is 5.92 Å². The van der Waals surface area contributed by atoms with Crippen LogP contribution in [0.15, 0.2) is 35.2 Å². The van der Waals surface area contributed by atoms with E-state index in [-0.39, 0.29) is 22.8 Å². The fourth-order valence-electron chi connectivity index (χ4n) is 4.29. The molecule has 1 aromatic rings. The van der Waals surface area contributed by atoms with Crippen LogP contribution in [-0.4, -0.2) is 61.9 Å². The molecule has 7 heteroatoms. The quantitative estimate of drug-likeness (QED) is 0.818. The number of benzene rings is 1. The van der Waals surface area contributed by atoms with E-state index in [1.807, 2.05) is 0 Å². The fraction of sp³-hybridized carbons (Fsp3) is 0.588. The first-order chi connectivity index (χ1) is 11.6. The lowest BCUT2D eigenvalue weighted by molar-refractivity contribution is -0.140. The lowest BCUT2D eigenvalue weighted by Gasteiger charge is -2.37. The molecule has 1 amide bonds. The third kappa shape index (κ3) is 2.55. The predicted molar refractivity (Wildman–Crippen MR) is 87.8 cm³/mol. The highest BCUT2D eigenvalue weighted by Gasteiger charge is 2.55. The first kappa shape index (κ1) is 16.1. The number of hydrogen-bond acceptors (Lipinski definition) is 4. The Balaban J connectivity index is 1.66. The second kappa shape index (κ2) is 6.13. The average molecular weight is 350 g/mol. The van der Waals surface area contributed by atoms with Crippen molar-refractivity contribution in [1.82, 2.24) is 9.21 Å². The van der Waals surface area contributed by atoms with Gasteiger partial charge in [0.25, 0.3) is 0 Å². The summed E-state index contributed by atoms with van der Waals surface area (Å²) in [6, 6.07) is 7.86. The van der Waals surface area contributed by atoms with Crippen LogP contribution in [0.3, 0.4) is 0 Å². The molecule has 1 aliphatic carbocycles. The molecule has 0 N–H and O–H groups in total. The lowest BCUT2D eigenvalue weighted by atomic mass is 9.98. The normalized spacial score (nSPS) is 30.7. The van der Waals surface area contributed by atoms with Gasteiger partial charge in [-0.15, -0.1) is 0 Å². The Morgan fingerprint density at radius 1 is 1.08 bits per heavy atom. The maximum Gasteiger partial charge on any atom is 0.244 e. The number of carbonyl (C=O) groups excluding carboxylic acids is 1. The van der Waals surface area contributed by atoms with Gasteiger partial charge < -0.3 is 9.64 Å². The Morgan fingerprint density at radius 3 is 2.50 bits per heavy atom. The standard InChI is InChI=1S/C17H22N2O4S/c20-17(18-8-10-23-11-9-18)16-13-6-7-14(12-13)19(16)24(21,22)15-4-2-1-3-5-15/h1-5,13-14,16H,6-12H2/t13-,14-,16+/m0/s1. The van der Waals surface area contributed by atoms with Crippen molar-refractivity contribution < 1.29 is 17.9 Å². The van der Waals surface area contributed by atoms with E-state index in [4.69, 9.17) is 4.74 Å². The number of morpholine rings is 1. The van der Waals surface area contributed by atoms with Crippen LogP contribution in [0.1, 0.15) is 19.3 Å². The zero-order chi connectivity index (χ0) is 16.7. The van der Waals surface area contributed by atoms with E-state index in [1.54, 1.807) is 35.2 Å². The third-order valence-electron chi connectivity index (χ3n) is 5.42. The van der Waals surface area contributed by atoms with E-state index < -0.39 is 16.1 Å². The SMILES string of the molecule is O=C([C@H]1[C@H]2CC[C@@H](C2)N1S(=O)(=O)c1ccccc1)N1CCOCC1. The van der Waals surface area contributed by atoms with Crippen LogP contribution >= 0.6 is 0 Å². The Hall–Kier alpha value is -1.44. The van der Waals surface area contributed by atoms with Crippen molar-refractivity contribution in [2.24, 2.45) is 5.92 Å². The molecule has 2 heterocycles. The van der Waals surface area contributed by atoms with Gasteiger partial charge in [0.2, 0.25) is 15.9 Å². The maximum atomic E-state index is 13.2. The molecular weight excluding hydrogens is 328 g/mol. The minimum absolute atomic E-state index is 0.0461. The molecule has 0 aromatic heterocycles. The van der Waals surface area contributed by atoms with E-state index in [0.717, 1.165) is 19.3 Å². The van der Waals surface area contributed by atoms with Gasteiger partial charge in [-0.1, -0.05) is 18.2 Å². The van der Waals surface area contributed by atoms with E-state index in [2.05, 4.69) is 0 Å². The summed E-state index contributed by atoms with van der Waals surface area (Å²) in [5.74, 6) is 0.0915. The van der Waals surface area contributed by atoms with Gasteiger partial charge in [0.05, 0.1) is 18.1 Å². The van der Waals surface area contributed by atoms with Gasteiger partial charge in [-0.3, -0.25) is 4.79 Å². The van der Waals surface area contributed by atoms with Crippen molar-refractivity contribution in [2.75, 3.05) is 26.3 Å². The highest BCUT2D eigenvalue weighted by Crippen LogP contribution is 2.45. The van der Waals surface area contributed by atoms with Crippen molar-refractivity contribution >= 4 is 15.9 Å². The van der Waals surface area contributed by atoms with Gasteiger partial charge in [0, 0.05) is 19.1 Å². The van der Waals surface area contributed by atoms with Crippen molar-refractivity contribution in [3.05, 3.63) is 30.3 Å². The molecule has 0 unspecified atom stereocenters. The molecule has 2 saturated heterocycles. The summed E-state index contributed by atoms with van der Waals surface area (Å²) in [6.45, 7) is 2.15. The lowest BCUT2D eigenvalue weighted by Crippen LogP contribution is -2.55. The first-order valence-electron chi connectivity index (χ1n) is 8.54. The Bertz CT molecular complexity index is 715. The van der Waals surface area contributed by atoms with Crippen molar-refractivity contribution in [3.63, 3.8) is 0 Å².